The van der Waals surface area contributed by atoms with E-state index in [2.05, 4.69) is 15.6 Å². The number of aryl methyl sites for hydroxylation is 1. The van der Waals surface area contributed by atoms with Crippen molar-refractivity contribution in [2.24, 2.45) is 0 Å². The van der Waals surface area contributed by atoms with Crippen LogP contribution in [0.15, 0.2) is 53.4 Å². The summed E-state index contributed by atoms with van der Waals surface area (Å²) in [5.74, 6) is 1.24. The Balaban J connectivity index is 1.42. The molecular formula is C20H20FN3OS. The van der Waals surface area contributed by atoms with E-state index < -0.39 is 0 Å². The van der Waals surface area contributed by atoms with E-state index in [4.69, 9.17) is 0 Å². The lowest BCUT2D eigenvalue weighted by molar-refractivity contribution is -0.127. The lowest BCUT2D eigenvalue weighted by atomic mass is 10.2. The van der Waals surface area contributed by atoms with Crippen molar-refractivity contribution < 1.29 is 9.18 Å². The third kappa shape index (κ3) is 3.33. The van der Waals surface area contributed by atoms with Crippen LogP contribution in [0.3, 0.4) is 0 Å². The number of thioether (sulfide) groups is 1. The average molecular weight is 369 g/mol. The van der Waals surface area contributed by atoms with Crippen LogP contribution in [0.1, 0.15) is 18.3 Å². The molecule has 1 saturated heterocycles. The van der Waals surface area contributed by atoms with Crippen molar-refractivity contribution in [1.82, 2.24) is 14.5 Å². The summed E-state index contributed by atoms with van der Waals surface area (Å²) in [7, 11) is 0. The quantitative estimate of drug-likeness (QED) is 0.651. The highest BCUT2D eigenvalue weighted by Gasteiger charge is 2.29. The number of fused-ring (bicyclic) bond motifs is 1. The average Bonchev–Trinajstić information content (AvgIpc) is 3.24. The predicted molar refractivity (Wildman–Crippen MR) is 102 cm³/mol. The van der Waals surface area contributed by atoms with Gasteiger partial charge in [0.25, 0.3) is 0 Å². The number of benzene rings is 2. The van der Waals surface area contributed by atoms with Crippen molar-refractivity contribution in [2.45, 2.75) is 24.3 Å². The number of imidazole rings is 1. The maximum absolute atomic E-state index is 13.0. The van der Waals surface area contributed by atoms with E-state index in [1.807, 2.05) is 30.0 Å². The number of rotatable bonds is 4. The molecule has 3 aromatic rings. The van der Waals surface area contributed by atoms with Gasteiger partial charge in [0.05, 0.1) is 22.8 Å². The van der Waals surface area contributed by atoms with Crippen LogP contribution in [0.4, 0.5) is 4.39 Å². The SMILES string of the molecule is Cc1nc2ccccc2n1C1CCN(C(=O)CSc2ccc(F)cc2)C1. The van der Waals surface area contributed by atoms with Gasteiger partial charge in [0.2, 0.25) is 5.91 Å². The van der Waals surface area contributed by atoms with Crippen LogP contribution in [-0.4, -0.2) is 39.2 Å². The van der Waals surface area contributed by atoms with E-state index in [0.29, 0.717) is 12.3 Å². The van der Waals surface area contributed by atoms with E-state index in [1.54, 1.807) is 12.1 Å². The third-order valence-electron chi connectivity index (χ3n) is 4.83. The van der Waals surface area contributed by atoms with Crippen LogP contribution >= 0.6 is 11.8 Å². The van der Waals surface area contributed by atoms with Gasteiger partial charge in [-0.15, -0.1) is 11.8 Å². The molecule has 1 unspecified atom stereocenters. The fourth-order valence-electron chi connectivity index (χ4n) is 3.57. The standard InChI is InChI=1S/C20H20FN3OS/c1-14-22-18-4-2-3-5-19(18)24(14)16-10-11-23(12-16)20(25)13-26-17-8-6-15(21)7-9-17/h2-9,16H,10-13H2,1H3. The molecule has 0 radical (unpaired) electrons. The van der Waals surface area contributed by atoms with Crippen molar-refractivity contribution >= 4 is 28.7 Å². The molecule has 2 aromatic carbocycles. The van der Waals surface area contributed by atoms with Gasteiger partial charge in [-0.2, -0.15) is 0 Å². The highest BCUT2D eigenvalue weighted by molar-refractivity contribution is 8.00. The van der Waals surface area contributed by atoms with Gasteiger partial charge in [0, 0.05) is 18.0 Å². The number of amides is 1. The number of carbonyl (C=O) groups is 1. The van der Waals surface area contributed by atoms with E-state index >= 15 is 0 Å². The Morgan fingerprint density at radius 3 is 2.81 bits per heavy atom. The molecule has 0 spiro atoms. The van der Waals surface area contributed by atoms with Gasteiger partial charge in [0.15, 0.2) is 0 Å². The predicted octanol–water partition coefficient (Wildman–Crippen LogP) is 4.05. The molecule has 1 aliphatic rings. The molecular weight excluding hydrogens is 349 g/mol. The second-order valence-corrected chi connectivity index (χ2v) is 7.59. The summed E-state index contributed by atoms with van der Waals surface area (Å²) < 4.78 is 15.2. The van der Waals surface area contributed by atoms with Gasteiger partial charge < -0.3 is 9.47 Å². The number of halogens is 1. The molecule has 4 nitrogen and oxygen atoms in total. The zero-order chi connectivity index (χ0) is 18.1. The second kappa shape index (κ2) is 7.11. The fourth-order valence-corrected chi connectivity index (χ4v) is 4.37. The maximum atomic E-state index is 13.0. The number of carbonyl (C=O) groups excluding carboxylic acids is 1. The van der Waals surface area contributed by atoms with Crippen LogP contribution in [0.5, 0.6) is 0 Å². The minimum Gasteiger partial charge on any atom is -0.340 e. The summed E-state index contributed by atoms with van der Waals surface area (Å²) in [4.78, 5) is 20.0. The number of aromatic nitrogens is 2. The minimum atomic E-state index is -0.258. The summed E-state index contributed by atoms with van der Waals surface area (Å²) in [5, 5.41) is 0. The lowest BCUT2D eigenvalue weighted by Gasteiger charge is -2.18. The van der Waals surface area contributed by atoms with E-state index in [9.17, 15) is 9.18 Å². The zero-order valence-corrected chi connectivity index (χ0v) is 15.4. The normalized spacial score (nSPS) is 17.2. The van der Waals surface area contributed by atoms with Gasteiger partial charge in [-0.25, -0.2) is 9.37 Å². The van der Waals surface area contributed by atoms with Crippen molar-refractivity contribution in [3.63, 3.8) is 0 Å². The summed E-state index contributed by atoms with van der Waals surface area (Å²) >= 11 is 1.45. The van der Waals surface area contributed by atoms with Crippen molar-refractivity contribution in [3.05, 3.63) is 60.2 Å². The lowest BCUT2D eigenvalue weighted by Crippen LogP contribution is -2.30. The second-order valence-electron chi connectivity index (χ2n) is 6.54. The van der Waals surface area contributed by atoms with Gasteiger partial charge in [-0.05, 0) is 49.7 Å². The number of likely N-dealkylation sites (tertiary alicyclic amines) is 1. The van der Waals surface area contributed by atoms with Gasteiger partial charge in [-0.1, -0.05) is 12.1 Å². The van der Waals surface area contributed by atoms with E-state index in [-0.39, 0.29) is 17.8 Å². The molecule has 2 heterocycles. The topological polar surface area (TPSA) is 38.1 Å². The van der Waals surface area contributed by atoms with Gasteiger partial charge in [-0.3, -0.25) is 4.79 Å². The monoisotopic (exact) mass is 369 g/mol. The van der Waals surface area contributed by atoms with E-state index in [1.165, 1.54) is 23.9 Å². The highest BCUT2D eigenvalue weighted by atomic mass is 32.2. The van der Waals surface area contributed by atoms with Crippen LogP contribution in [0, 0.1) is 12.7 Å². The van der Waals surface area contributed by atoms with Crippen molar-refractivity contribution in [3.8, 4) is 0 Å². The molecule has 134 valence electrons. The van der Waals surface area contributed by atoms with Crippen LogP contribution in [0.2, 0.25) is 0 Å². The third-order valence-corrected chi connectivity index (χ3v) is 5.83. The molecule has 1 aromatic heterocycles. The summed E-state index contributed by atoms with van der Waals surface area (Å²) in [5.41, 5.74) is 2.13. The van der Waals surface area contributed by atoms with Gasteiger partial charge in [0.1, 0.15) is 11.6 Å². The van der Waals surface area contributed by atoms with Crippen LogP contribution in [0.25, 0.3) is 11.0 Å². The first-order valence-corrected chi connectivity index (χ1v) is 9.70. The van der Waals surface area contributed by atoms with Crippen LogP contribution < -0.4 is 0 Å². The smallest absolute Gasteiger partial charge is 0.233 e. The molecule has 0 saturated carbocycles. The Kier molecular flexibility index (Phi) is 4.68. The minimum absolute atomic E-state index is 0.129. The molecule has 1 atom stereocenters. The number of para-hydroxylation sites is 2. The number of hydrogen-bond acceptors (Lipinski definition) is 3. The first-order chi connectivity index (χ1) is 12.6. The van der Waals surface area contributed by atoms with Crippen LogP contribution in [-0.2, 0) is 4.79 Å². The Morgan fingerprint density at radius 2 is 2.00 bits per heavy atom. The Hall–Kier alpha value is -2.34. The molecule has 26 heavy (non-hydrogen) atoms. The van der Waals surface area contributed by atoms with E-state index in [0.717, 1.165) is 34.7 Å². The molecule has 0 aliphatic carbocycles. The Labute approximate surface area is 156 Å². The molecule has 1 aliphatic heterocycles. The summed E-state index contributed by atoms with van der Waals surface area (Å²) in [6.45, 7) is 3.50. The maximum Gasteiger partial charge on any atom is 0.233 e. The summed E-state index contributed by atoms with van der Waals surface area (Å²) in [6, 6.07) is 14.7. The first kappa shape index (κ1) is 17.1. The molecule has 0 N–H and O–H groups in total. The number of nitrogens with zero attached hydrogens (tertiary/aromatic N) is 3. The zero-order valence-electron chi connectivity index (χ0n) is 14.6. The summed E-state index contributed by atoms with van der Waals surface area (Å²) in [6.07, 6.45) is 0.939. The molecule has 1 amide bonds. The molecule has 0 bridgehead atoms. The highest BCUT2D eigenvalue weighted by Crippen LogP contribution is 2.29. The molecule has 6 heteroatoms. The van der Waals surface area contributed by atoms with Crippen molar-refractivity contribution in [1.29, 1.82) is 0 Å². The molecule has 4 rings (SSSR count). The van der Waals surface area contributed by atoms with Crippen molar-refractivity contribution in [2.75, 3.05) is 18.8 Å². The molecule has 1 fully saturated rings. The fraction of sp³-hybridized carbons (Fsp3) is 0.300. The number of hydrogen-bond donors (Lipinski definition) is 0. The largest absolute Gasteiger partial charge is 0.340 e. The first-order valence-electron chi connectivity index (χ1n) is 8.71. The van der Waals surface area contributed by atoms with Gasteiger partial charge >= 0.3 is 0 Å². The Morgan fingerprint density at radius 1 is 1.23 bits per heavy atom. The Bertz CT molecular complexity index is 938.